The van der Waals surface area contributed by atoms with Gasteiger partial charge >= 0.3 is 0 Å². The smallest absolute Gasteiger partial charge is 0.164 e. The molecule has 0 amide bonds. The fraction of sp³-hybridized carbons (Fsp3) is 0.179. The average Bonchev–Trinajstić information content (AvgIpc) is 3.39. The van der Waals surface area contributed by atoms with E-state index in [1.54, 1.807) is 0 Å². The first-order chi connectivity index (χ1) is 34.6. The third-order valence-corrected chi connectivity index (χ3v) is 13.6. The number of hydrogen-bond acceptors (Lipinski definition) is 5. The SMILES string of the molecule is CC(C)(C)c1ccc(N(c2ccccc2)c2cc(C(C)(C)C)cc(N(c3ccc(-c4nc(-c5ccccc5)nc(-c5ccccc5)n4)cc3)c3ccc(C(C)(C)C)cc3)c2-c2ccc3ccccc3c2)cc1. The lowest BCUT2D eigenvalue weighted by atomic mass is 9.83. The van der Waals surface area contributed by atoms with Crippen molar-refractivity contribution in [3.63, 3.8) is 0 Å². The minimum atomic E-state index is -0.221. The van der Waals surface area contributed by atoms with Crippen molar-refractivity contribution in [1.29, 1.82) is 0 Å². The van der Waals surface area contributed by atoms with Gasteiger partial charge in [0.15, 0.2) is 17.5 Å². The summed E-state index contributed by atoms with van der Waals surface area (Å²) in [6, 6.07) is 78.6. The standard InChI is InChI=1S/C67H63N5/c1-65(2,3)52-33-39-57(40-34-52)71(55-27-17-12-18-28-55)59-44-54(67(7,8)9)45-60(61(59)51-30-29-46-21-19-20-26-50(46)43-51)72(58-41-35-53(36-42-58)66(4,5)6)56-37-31-49(32-38-56)64-69-62(47-22-13-10-14-23-47)68-63(70-64)48-24-15-11-16-25-48/h10-45H,1-9H3. The Morgan fingerprint density at radius 1 is 0.278 bits per heavy atom. The Hall–Kier alpha value is -8.15. The van der Waals surface area contributed by atoms with E-state index in [0.717, 1.165) is 61.9 Å². The zero-order valence-corrected chi connectivity index (χ0v) is 43.0. The summed E-state index contributed by atoms with van der Waals surface area (Å²) in [7, 11) is 0. The largest absolute Gasteiger partial charge is 0.310 e. The van der Waals surface area contributed by atoms with Crippen molar-refractivity contribution < 1.29 is 0 Å². The van der Waals surface area contributed by atoms with E-state index in [1.807, 2.05) is 60.7 Å². The van der Waals surface area contributed by atoms with Gasteiger partial charge < -0.3 is 9.80 Å². The fourth-order valence-corrected chi connectivity index (χ4v) is 9.39. The van der Waals surface area contributed by atoms with Gasteiger partial charge in [0.05, 0.1) is 11.4 Å². The Balaban J connectivity index is 1.25. The van der Waals surface area contributed by atoms with Crippen LogP contribution < -0.4 is 9.80 Å². The molecule has 10 rings (SSSR count). The second-order valence-electron chi connectivity index (χ2n) is 21.9. The van der Waals surface area contributed by atoms with Crippen LogP contribution in [0.25, 0.3) is 56.1 Å². The predicted octanol–water partition coefficient (Wildman–Crippen LogP) is 18.5. The Labute approximate surface area is 426 Å². The second kappa shape index (κ2) is 19.2. The van der Waals surface area contributed by atoms with Gasteiger partial charge in [0.25, 0.3) is 0 Å². The van der Waals surface area contributed by atoms with Gasteiger partial charge in [0, 0.05) is 45.0 Å². The Morgan fingerprint density at radius 3 is 1.03 bits per heavy atom. The van der Waals surface area contributed by atoms with Gasteiger partial charge in [0.2, 0.25) is 0 Å². The van der Waals surface area contributed by atoms with Gasteiger partial charge in [-0.25, -0.2) is 15.0 Å². The number of nitrogens with zero attached hydrogens (tertiary/aromatic N) is 5. The third kappa shape index (κ3) is 9.93. The normalized spacial score (nSPS) is 12.0. The molecule has 1 aromatic heterocycles. The van der Waals surface area contributed by atoms with Crippen LogP contribution in [0.1, 0.15) is 79.0 Å². The number of benzene rings is 9. The topological polar surface area (TPSA) is 45.2 Å². The summed E-state index contributed by atoms with van der Waals surface area (Å²) in [5.74, 6) is 1.87. The van der Waals surface area contributed by atoms with E-state index in [2.05, 4.69) is 230 Å². The van der Waals surface area contributed by atoms with Crippen LogP contribution >= 0.6 is 0 Å². The van der Waals surface area contributed by atoms with Gasteiger partial charge in [-0.3, -0.25) is 0 Å². The molecular weight excluding hydrogens is 875 g/mol. The molecule has 10 aromatic rings. The van der Waals surface area contributed by atoms with Crippen molar-refractivity contribution >= 4 is 44.9 Å². The first kappa shape index (κ1) is 47.5. The van der Waals surface area contributed by atoms with E-state index in [9.17, 15) is 0 Å². The van der Waals surface area contributed by atoms with Crippen molar-refractivity contribution in [3.05, 3.63) is 235 Å². The first-order valence-corrected chi connectivity index (χ1v) is 25.1. The van der Waals surface area contributed by atoms with Crippen molar-refractivity contribution in [2.24, 2.45) is 0 Å². The minimum Gasteiger partial charge on any atom is -0.310 e. The number of anilines is 6. The molecule has 0 fully saturated rings. The van der Waals surface area contributed by atoms with Crippen LogP contribution in [0.4, 0.5) is 34.1 Å². The third-order valence-electron chi connectivity index (χ3n) is 13.6. The van der Waals surface area contributed by atoms with Crippen LogP contribution in [0.2, 0.25) is 0 Å². The average molecular weight is 938 g/mol. The minimum absolute atomic E-state index is 0.00215. The molecule has 0 N–H and O–H groups in total. The second-order valence-corrected chi connectivity index (χ2v) is 21.9. The van der Waals surface area contributed by atoms with Crippen molar-refractivity contribution in [1.82, 2.24) is 15.0 Å². The summed E-state index contributed by atoms with van der Waals surface area (Å²) < 4.78 is 0. The highest BCUT2D eigenvalue weighted by Crippen LogP contribution is 2.51. The van der Waals surface area contributed by atoms with E-state index in [1.165, 1.54) is 27.5 Å². The van der Waals surface area contributed by atoms with Crippen LogP contribution in [0, 0.1) is 0 Å². The molecule has 1 heterocycles. The molecule has 9 aromatic carbocycles. The number of aromatic nitrogens is 3. The molecule has 0 bridgehead atoms. The Bertz CT molecular complexity index is 3420. The number of rotatable bonds is 10. The van der Waals surface area contributed by atoms with Crippen LogP contribution in [-0.4, -0.2) is 15.0 Å². The van der Waals surface area contributed by atoms with Gasteiger partial charge in [-0.2, -0.15) is 0 Å². The molecule has 0 aliphatic carbocycles. The Kier molecular flexibility index (Phi) is 12.7. The van der Waals surface area contributed by atoms with Crippen LogP contribution in [0.15, 0.2) is 218 Å². The van der Waals surface area contributed by atoms with E-state index in [0.29, 0.717) is 17.5 Å². The molecule has 5 nitrogen and oxygen atoms in total. The fourth-order valence-electron chi connectivity index (χ4n) is 9.39. The molecule has 72 heavy (non-hydrogen) atoms. The van der Waals surface area contributed by atoms with Crippen molar-refractivity contribution in [3.8, 4) is 45.3 Å². The Morgan fingerprint density at radius 2 is 0.611 bits per heavy atom. The summed E-state index contributed by atoms with van der Waals surface area (Å²) >= 11 is 0. The lowest BCUT2D eigenvalue weighted by molar-refractivity contribution is 0.589. The van der Waals surface area contributed by atoms with Crippen LogP contribution in [-0.2, 0) is 16.2 Å². The summed E-state index contributed by atoms with van der Waals surface area (Å²) in [5, 5.41) is 2.38. The summed E-state index contributed by atoms with van der Waals surface area (Å²) in [5.41, 5.74) is 14.9. The molecule has 0 saturated carbocycles. The van der Waals surface area contributed by atoms with Crippen LogP contribution in [0.3, 0.4) is 0 Å². The highest BCUT2D eigenvalue weighted by molar-refractivity contribution is 6.01. The quantitative estimate of drug-likeness (QED) is 0.137. The molecule has 0 aliphatic rings. The zero-order chi connectivity index (χ0) is 50.2. The molecule has 0 atom stereocenters. The summed E-state index contributed by atoms with van der Waals surface area (Å²) in [4.78, 5) is 20.1. The highest BCUT2D eigenvalue weighted by atomic mass is 15.2. The number of para-hydroxylation sites is 1. The highest BCUT2D eigenvalue weighted by Gasteiger charge is 2.29. The monoisotopic (exact) mass is 938 g/mol. The molecule has 0 spiro atoms. The summed E-state index contributed by atoms with van der Waals surface area (Å²) in [6.45, 7) is 20.6. The predicted molar refractivity (Wildman–Crippen MR) is 305 cm³/mol. The maximum absolute atomic E-state index is 5.11. The molecule has 0 unspecified atom stereocenters. The zero-order valence-electron chi connectivity index (χ0n) is 43.0. The van der Waals surface area contributed by atoms with E-state index in [4.69, 9.17) is 15.0 Å². The van der Waals surface area contributed by atoms with Gasteiger partial charge in [-0.15, -0.1) is 0 Å². The summed E-state index contributed by atoms with van der Waals surface area (Å²) in [6.07, 6.45) is 0. The van der Waals surface area contributed by atoms with Gasteiger partial charge in [-0.1, -0.05) is 202 Å². The van der Waals surface area contributed by atoms with E-state index in [-0.39, 0.29) is 16.2 Å². The van der Waals surface area contributed by atoms with E-state index < -0.39 is 0 Å². The number of hydrogen-bond donors (Lipinski definition) is 0. The molecule has 0 saturated heterocycles. The van der Waals surface area contributed by atoms with E-state index >= 15 is 0 Å². The molecular formula is C67H63N5. The lowest BCUT2D eigenvalue weighted by Gasteiger charge is -2.36. The molecule has 0 aliphatic heterocycles. The van der Waals surface area contributed by atoms with Gasteiger partial charge in [-0.05, 0) is 128 Å². The lowest BCUT2D eigenvalue weighted by Crippen LogP contribution is -2.20. The molecule has 0 radical (unpaired) electrons. The maximum atomic E-state index is 5.11. The first-order valence-electron chi connectivity index (χ1n) is 25.1. The van der Waals surface area contributed by atoms with Gasteiger partial charge in [0.1, 0.15) is 0 Å². The maximum Gasteiger partial charge on any atom is 0.164 e. The molecule has 356 valence electrons. The van der Waals surface area contributed by atoms with Crippen molar-refractivity contribution in [2.75, 3.05) is 9.80 Å². The van der Waals surface area contributed by atoms with Crippen molar-refractivity contribution in [2.45, 2.75) is 78.6 Å². The number of fused-ring (bicyclic) bond motifs is 1. The van der Waals surface area contributed by atoms with Crippen LogP contribution in [0.5, 0.6) is 0 Å². The molecule has 5 heteroatoms.